The summed E-state index contributed by atoms with van der Waals surface area (Å²) in [5, 5.41) is 2.78. The van der Waals surface area contributed by atoms with Crippen molar-refractivity contribution in [2.75, 3.05) is 13.1 Å². The summed E-state index contributed by atoms with van der Waals surface area (Å²) in [7, 11) is 0. The zero-order chi connectivity index (χ0) is 9.35. The fraction of sp³-hybridized carbons (Fsp3) is 0.750. The van der Waals surface area contributed by atoms with E-state index in [4.69, 9.17) is 0 Å². The molecule has 1 saturated heterocycles. The fourth-order valence-electron chi connectivity index (χ4n) is 0.923. The molecular formula is C8H14N2O2. The lowest BCUT2D eigenvalue weighted by Crippen LogP contribution is -2.57. The summed E-state index contributed by atoms with van der Waals surface area (Å²) in [4.78, 5) is 23.3. The van der Waals surface area contributed by atoms with Gasteiger partial charge in [0.25, 0.3) is 0 Å². The number of urea groups is 1. The van der Waals surface area contributed by atoms with Gasteiger partial charge in [-0.15, -0.1) is 0 Å². The summed E-state index contributed by atoms with van der Waals surface area (Å²) >= 11 is 0. The molecule has 0 atom stereocenters. The highest BCUT2D eigenvalue weighted by atomic mass is 16.2. The van der Waals surface area contributed by atoms with Crippen LogP contribution in [0.4, 0.5) is 4.79 Å². The van der Waals surface area contributed by atoms with Gasteiger partial charge in [-0.25, -0.2) is 4.79 Å². The third kappa shape index (κ3) is 2.22. The van der Waals surface area contributed by atoms with Gasteiger partial charge in [0.15, 0.2) is 5.78 Å². The highest BCUT2D eigenvalue weighted by Crippen LogP contribution is 2.05. The van der Waals surface area contributed by atoms with E-state index in [1.165, 1.54) is 4.90 Å². The van der Waals surface area contributed by atoms with Crippen LogP contribution in [-0.2, 0) is 4.79 Å². The number of carbonyl (C=O) groups is 2. The molecule has 0 radical (unpaired) electrons. The lowest BCUT2D eigenvalue weighted by Gasteiger charge is -2.32. The lowest BCUT2D eigenvalue weighted by atomic mass is 10.1. The predicted molar refractivity (Wildman–Crippen MR) is 44.9 cm³/mol. The van der Waals surface area contributed by atoms with Crippen LogP contribution in [0.5, 0.6) is 0 Å². The number of likely N-dealkylation sites (tertiary alicyclic amines) is 1. The summed E-state index contributed by atoms with van der Waals surface area (Å²) in [6.45, 7) is 6.26. The first-order valence-corrected chi connectivity index (χ1v) is 3.97. The molecule has 68 valence electrons. The Balaban J connectivity index is 2.35. The molecule has 1 aliphatic heterocycles. The molecule has 0 spiro atoms. The number of hydrogen-bond acceptors (Lipinski definition) is 2. The molecule has 4 heteroatoms. The quantitative estimate of drug-likeness (QED) is 0.571. The molecule has 0 unspecified atom stereocenters. The summed E-state index contributed by atoms with van der Waals surface area (Å²) in [6.07, 6.45) is 0. The van der Waals surface area contributed by atoms with Gasteiger partial charge in [0, 0.05) is 5.54 Å². The molecule has 1 aliphatic rings. The minimum atomic E-state index is -0.226. The van der Waals surface area contributed by atoms with Crippen LogP contribution in [0.1, 0.15) is 20.8 Å². The molecule has 12 heavy (non-hydrogen) atoms. The summed E-state index contributed by atoms with van der Waals surface area (Å²) < 4.78 is 0. The Hall–Kier alpha value is -1.06. The molecule has 0 aromatic carbocycles. The van der Waals surface area contributed by atoms with Gasteiger partial charge < -0.3 is 10.2 Å². The van der Waals surface area contributed by atoms with Crippen LogP contribution < -0.4 is 5.32 Å². The average molecular weight is 170 g/mol. The SMILES string of the molecule is CC(C)(C)NC(=O)N1CC(=O)C1. The molecule has 0 saturated carbocycles. The second-order valence-electron chi connectivity index (χ2n) is 4.07. The normalized spacial score (nSPS) is 17.2. The molecule has 1 N–H and O–H groups in total. The van der Waals surface area contributed by atoms with Gasteiger partial charge in [0.1, 0.15) is 0 Å². The minimum absolute atomic E-state index is 0.124. The first kappa shape index (κ1) is 9.03. The van der Waals surface area contributed by atoms with Gasteiger partial charge in [-0.2, -0.15) is 0 Å². The Morgan fingerprint density at radius 1 is 1.42 bits per heavy atom. The smallest absolute Gasteiger partial charge is 0.318 e. The minimum Gasteiger partial charge on any atom is -0.333 e. The number of nitrogens with one attached hydrogen (secondary N) is 1. The van der Waals surface area contributed by atoms with Gasteiger partial charge in [-0.3, -0.25) is 4.79 Å². The van der Waals surface area contributed by atoms with Crippen LogP contribution in [0.15, 0.2) is 0 Å². The summed E-state index contributed by atoms with van der Waals surface area (Å²) in [6, 6.07) is -0.151. The Bertz CT molecular complexity index is 210. The van der Waals surface area contributed by atoms with Gasteiger partial charge in [0.05, 0.1) is 13.1 Å². The second kappa shape index (κ2) is 2.77. The highest BCUT2D eigenvalue weighted by Gasteiger charge is 2.29. The van der Waals surface area contributed by atoms with Crippen LogP contribution in [-0.4, -0.2) is 35.3 Å². The topological polar surface area (TPSA) is 49.4 Å². The van der Waals surface area contributed by atoms with E-state index in [0.29, 0.717) is 0 Å². The van der Waals surface area contributed by atoms with Crippen LogP contribution in [0.2, 0.25) is 0 Å². The summed E-state index contributed by atoms with van der Waals surface area (Å²) in [5.41, 5.74) is -0.226. The molecule has 4 nitrogen and oxygen atoms in total. The second-order valence-corrected chi connectivity index (χ2v) is 4.07. The molecule has 1 rings (SSSR count). The van der Waals surface area contributed by atoms with Gasteiger partial charge in [-0.05, 0) is 20.8 Å². The molecule has 0 aromatic heterocycles. The van der Waals surface area contributed by atoms with E-state index in [1.807, 2.05) is 20.8 Å². The van der Waals surface area contributed by atoms with E-state index >= 15 is 0 Å². The van der Waals surface area contributed by atoms with Gasteiger partial charge >= 0.3 is 6.03 Å². The zero-order valence-corrected chi connectivity index (χ0v) is 7.68. The van der Waals surface area contributed by atoms with Crippen molar-refractivity contribution in [2.24, 2.45) is 0 Å². The fourth-order valence-corrected chi connectivity index (χ4v) is 0.923. The third-order valence-corrected chi connectivity index (χ3v) is 1.50. The van der Waals surface area contributed by atoms with E-state index in [-0.39, 0.29) is 30.4 Å². The predicted octanol–water partition coefficient (Wildman–Crippen LogP) is 0.379. The Kier molecular flexibility index (Phi) is 2.08. The third-order valence-electron chi connectivity index (χ3n) is 1.50. The summed E-state index contributed by atoms with van der Waals surface area (Å²) in [5.74, 6) is 0.124. The first-order chi connectivity index (χ1) is 5.38. The van der Waals surface area contributed by atoms with Crippen molar-refractivity contribution in [1.82, 2.24) is 10.2 Å². The molecule has 0 aliphatic carbocycles. The zero-order valence-electron chi connectivity index (χ0n) is 7.68. The Morgan fingerprint density at radius 2 is 1.92 bits per heavy atom. The number of nitrogens with zero attached hydrogens (tertiary/aromatic N) is 1. The van der Waals surface area contributed by atoms with Crippen molar-refractivity contribution in [3.63, 3.8) is 0 Å². The van der Waals surface area contributed by atoms with Crippen molar-refractivity contribution in [3.8, 4) is 0 Å². The maximum Gasteiger partial charge on any atom is 0.318 e. The number of carbonyl (C=O) groups excluding carboxylic acids is 2. The van der Waals surface area contributed by atoms with Crippen LogP contribution >= 0.6 is 0 Å². The largest absolute Gasteiger partial charge is 0.333 e. The molecule has 1 heterocycles. The maximum absolute atomic E-state index is 11.2. The number of hydrogen-bond donors (Lipinski definition) is 1. The number of Topliss-reactive ketones (excluding diaryl/α,β-unsaturated/α-hetero) is 1. The van der Waals surface area contributed by atoms with Crippen LogP contribution in [0.25, 0.3) is 0 Å². The Morgan fingerprint density at radius 3 is 2.25 bits per heavy atom. The number of ketones is 1. The monoisotopic (exact) mass is 170 g/mol. The van der Waals surface area contributed by atoms with E-state index in [1.54, 1.807) is 0 Å². The standard InChI is InChI=1S/C8H14N2O2/c1-8(2,3)9-7(12)10-4-6(11)5-10/h4-5H2,1-3H3,(H,9,12). The van der Waals surface area contributed by atoms with Crippen molar-refractivity contribution in [1.29, 1.82) is 0 Å². The first-order valence-electron chi connectivity index (χ1n) is 3.97. The van der Waals surface area contributed by atoms with Crippen molar-refractivity contribution in [3.05, 3.63) is 0 Å². The van der Waals surface area contributed by atoms with Crippen molar-refractivity contribution >= 4 is 11.8 Å². The van der Waals surface area contributed by atoms with Gasteiger partial charge in [0.2, 0.25) is 0 Å². The number of rotatable bonds is 0. The van der Waals surface area contributed by atoms with E-state index in [0.717, 1.165) is 0 Å². The van der Waals surface area contributed by atoms with Gasteiger partial charge in [-0.1, -0.05) is 0 Å². The molecular weight excluding hydrogens is 156 g/mol. The molecule has 2 amide bonds. The lowest BCUT2D eigenvalue weighted by molar-refractivity contribution is -0.126. The Labute approximate surface area is 71.9 Å². The molecule has 1 fully saturated rings. The van der Waals surface area contributed by atoms with E-state index in [2.05, 4.69) is 5.32 Å². The van der Waals surface area contributed by atoms with Crippen molar-refractivity contribution in [2.45, 2.75) is 26.3 Å². The highest BCUT2D eigenvalue weighted by molar-refractivity contribution is 5.95. The van der Waals surface area contributed by atoms with Crippen molar-refractivity contribution < 1.29 is 9.59 Å². The van der Waals surface area contributed by atoms with E-state index in [9.17, 15) is 9.59 Å². The average Bonchev–Trinajstić information content (AvgIpc) is 1.76. The van der Waals surface area contributed by atoms with Crippen LogP contribution in [0, 0.1) is 0 Å². The molecule has 0 bridgehead atoms. The molecule has 0 aromatic rings. The number of amides is 2. The van der Waals surface area contributed by atoms with Crippen LogP contribution in [0.3, 0.4) is 0 Å². The van der Waals surface area contributed by atoms with E-state index < -0.39 is 0 Å². The maximum atomic E-state index is 11.2.